The van der Waals surface area contributed by atoms with Crippen molar-refractivity contribution in [3.63, 3.8) is 0 Å². The Bertz CT molecular complexity index is 190. The molecule has 0 saturated carbocycles. The molecule has 0 aliphatic carbocycles. The molecule has 0 aromatic rings. The van der Waals surface area contributed by atoms with Crippen molar-refractivity contribution < 1.29 is 0 Å². The van der Waals surface area contributed by atoms with Crippen LogP contribution in [0.3, 0.4) is 0 Å². The molecule has 0 saturated heterocycles. The van der Waals surface area contributed by atoms with E-state index in [1.165, 1.54) is 77.0 Å². The maximum Gasteiger partial charge on any atom is 0.0153 e. The average molecular weight is 283 g/mol. The lowest BCUT2D eigenvalue weighted by molar-refractivity contribution is 0.550. The Kier molecular flexibility index (Phi) is 18.0. The Morgan fingerprint density at radius 1 is 0.750 bits per heavy atom. The topological polar surface area (TPSA) is 38.0 Å². The standard InChI is InChI=1S/C18H38N2/c1-2-3-4-5-6-7-8-9-10-11-12-13-14-17-20-18-15-16-19/h14,17,20H,2-13,15-16,18-19H2,1H3. The first-order valence-corrected chi connectivity index (χ1v) is 9.00. The van der Waals surface area contributed by atoms with E-state index in [2.05, 4.69) is 24.5 Å². The van der Waals surface area contributed by atoms with Crippen molar-refractivity contribution in [1.82, 2.24) is 5.32 Å². The number of allylic oxidation sites excluding steroid dienone is 1. The number of hydrogen-bond donors (Lipinski definition) is 2. The van der Waals surface area contributed by atoms with E-state index in [0.29, 0.717) is 0 Å². The van der Waals surface area contributed by atoms with E-state index in [4.69, 9.17) is 5.73 Å². The number of unbranched alkanes of at least 4 members (excludes halogenated alkanes) is 11. The van der Waals surface area contributed by atoms with Gasteiger partial charge in [-0.1, -0.05) is 77.2 Å². The summed E-state index contributed by atoms with van der Waals surface area (Å²) >= 11 is 0. The van der Waals surface area contributed by atoms with Crippen LogP contribution >= 0.6 is 0 Å². The van der Waals surface area contributed by atoms with Crippen molar-refractivity contribution in [3.8, 4) is 0 Å². The van der Waals surface area contributed by atoms with E-state index in [1.807, 2.05) is 0 Å². The molecule has 3 N–H and O–H groups in total. The summed E-state index contributed by atoms with van der Waals surface area (Å²) in [4.78, 5) is 0. The third-order valence-electron chi connectivity index (χ3n) is 3.74. The van der Waals surface area contributed by atoms with Crippen LogP contribution in [0.25, 0.3) is 0 Å². The lowest BCUT2D eigenvalue weighted by Crippen LogP contribution is -2.11. The first kappa shape index (κ1) is 19.5. The van der Waals surface area contributed by atoms with Gasteiger partial charge in [0.05, 0.1) is 0 Å². The van der Waals surface area contributed by atoms with Gasteiger partial charge in [0.15, 0.2) is 0 Å². The number of nitrogens with two attached hydrogens (primary N) is 1. The molecule has 0 fully saturated rings. The molecular weight excluding hydrogens is 244 g/mol. The molecule has 0 atom stereocenters. The summed E-state index contributed by atoms with van der Waals surface area (Å²) in [7, 11) is 0. The van der Waals surface area contributed by atoms with E-state index >= 15 is 0 Å². The number of rotatable bonds is 16. The Morgan fingerprint density at radius 3 is 1.85 bits per heavy atom. The summed E-state index contributed by atoms with van der Waals surface area (Å²) in [5.74, 6) is 0. The molecular formula is C18H38N2. The first-order valence-electron chi connectivity index (χ1n) is 9.00. The van der Waals surface area contributed by atoms with Gasteiger partial charge in [0.1, 0.15) is 0 Å². The lowest BCUT2D eigenvalue weighted by atomic mass is 10.1. The van der Waals surface area contributed by atoms with Crippen molar-refractivity contribution in [2.75, 3.05) is 13.1 Å². The van der Waals surface area contributed by atoms with Crippen molar-refractivity contribution >= 4 is 0 Å². The van der Waals surface area contributed by atoms with E-state index in [0.717, 1.165) is 19.5 Å². The molecule has 0 radical (unpaired) electrons. The van der Waals surface area contributed by atoms with E-state index in [-0.39, 0.29) is 0 Å². The maximum absolute atomic E-state index is 5.43. The molecule has 0 amide bonds. The van der Waals surface area contributed by atoms with Gasteiger partial charge in [0.25, 0.3) is 0 Å². The second kappa shape index (κ2) is 18.5. The van der Waals surface area contributed by atoms with E-state index in [9.17, 15) is 0 Å². The van der Waals surface area contributed by atoms with Gasteiger partial charge in [-0.05, 0) is 32.0 Å². The van der Waals surface area contributed by atoms with Crippen LogP contribution in [0.2, 0.25) is 0 Å². The average Bonchev–Trinajstić information content (AvgIpc) is 2.47. The largest absolute Gasteiger partial charge is 0.391 e. The van der Waals surface area contributed by atoms with E-state index < -0.39 is 0 Å². The van der Waals surface area contributed by atoms with Crippen LogP contribution < -0.4 is 11.1 Å². The Labute approximate surface area is 127 Å². The molecule has 0 spiro atoms. The summed E-state index contributed by atoms with van der Waals surface area (Å²) in [5, 5.41) is 3.27. The van der Waals surface area contributed by atoms with Crippen molar-refractivity contribution in [2.24, 2.45) is 5.73 Å². The molecule has 0 bridgehead atoms. The SMILES string of the molecule is CCCCCCCCCCCCCC=CNCCCN. The van der Waals surface area contributed by atoms with Gasteiger partial charge in [0.2, 0.25) is 0 Å². The minimum atomic E-state index is 0.777. The van der Waals surface area contributed by atoms with Gasteiger partial charge in [-0.15, -0.1) is 0 Å². The molecule has 2 heteroatoms. The molecule has 2 nitrogen and oxygen atoms in total. The fourth-order valence-electron chi connectivity index (χ4n) is 2.38. The third-order valence-corrected chi connectivity index (χ3v) is 3.74. The summed E-state index contributed by atoms with van der Waals surface area (Å²) in [5.41, 5.74) is 5.43. The van der Waals surface area contributed by atoms with Gasteiger partial charge < -0.3 is 11.1 Å². The Morgan fingerprint density at radius 2 is 1.30 bits per heavy atom. The van der Waals surface area contributed by atoms with Gasteiger partial charge >= 0.3 is 0 Å². The second-order valence-electron chi connectivity index (χ2n) is 5.82. The Hall–Kier alpha value is -0.500. The highest BCUT2D eigenvalue weighted by atomic mass is 14.8. The minimum absolute atomic E-state index is 0.777. The van der Waals surface area contributed by atoms with Gasteiger partial charge in [-0.2, -0.15) is 0 Å². The summed E-state index contributed by atoms with van der Waals surface area (Å²) in [6.45, 7) is 4.07. The summed E-state index contributed by atoms with van der Waals surface area (Å²) < 4.78 is 0. The van der Waals surface area contributed by atoms with E-state index in [1.54, 1.807) is 0 Å². The molecule has 0 rings (SSSR count). The number of nitrogens with one attached hydrogen (secondary N) is 1. The monoisotopic (exact) mass is 282 g/mol. The fourth-order valence-corrected chi connectivity index (χ4v) is 2.38. The molecule has 0 aliphatic rings. The zero-order chi connectivity index (χ0) is 14.7. The molecule has 0 unspecified atom stereocenters. The third kappa shape index (κ3) is 17.5. The van der Waals surface area contributed by atoms with Crippen molar-refractivity contribution in [3.05, 3.63) is 12.3 Å². The molecule has 0 heterocycles. The molecule has 120 valence electrons. The zero-order valence-corrected chi connectivity index (χ0v) is 13.8. The molecule has 0 aromatic heterocycles. The molecule has 20 heavy (non-hydrogen) atoms. The summed E-state index contributed by atoms with van der Waals surface area (Å²) in [6, 6.07) is 0. The quantitative estimate of drug-likeness (QED) is 0.385. The predicted molar refractivity (Wildman–Crippen MR) is 91.9 cm³/mol. The van der Waals surface area contributed by atoms with Gasteiger partial charge in [0, 0.05) is 6.54 Å². The zero-order valence-electron chi connectivity index (χ0n) is 13.8. The van der Waals surface area contributed by atoms with Gasteiger partial charge in [-0.25, -0.2) is 0 Å². The van der Waals surface area contributed by atoms with Crippen molar-refractivity contribution in [2.45, 2.75) is 90.4 Å². The number of hydrogen-bond acceptors (Lipinski definition) is 2. The molecule has 0 aliphatic heterocycles. The highest BCUT2D eigenvalue weighted by Gasteiger charge is 1.92. The summed E-state index contributed by atoms with van der Waals surface area (Å²) in [6.07, 6.45) is 22.2. The lowest BCUT2D eigenvalue weighted by Gasteiger charge is -2.02. The van der Waals surface area contributed by atoms with Crippen LogP contribution in [0.15, 0.2) is 12.3 Å². The first-order chi connectivity index (χ1) is 9.91. The van der Waals surface area contributed by atoms with Crippen LogP contribution in [0.1, 0.15) is 90.4 Å². The predicted octanol–water partition coefficient (Wildman–Crippen LogP) is 5.14. The van der Waals surface area contributed by atoms with Crippen LogP contribution in [0.4, 0.5) is 0 Å². The maximum atomic E-state index is 5.43. The van der Waals surface area contributed by atoms with Crippen LogP contribution in [0, 0.1) is 0 Å². The highest BCUT2D eigenvalue weighted by molar-refractivity contribution is 4.79. The fraction of sp³-hybridized carbons (Fsp3) is 0.889. The van der Waals surface area contributed by atoms with Crippen LogP contribution in [-0.2, 0) is 0 Å². The normalized spacial score (nSPS) is 11.3. The smallest absolute Gasteiger partial charge is 0.0153 e. The van der Waals surface area contributed by atoms with Crippen molar-refractivity contribution in [1.29, 1.82) is 0 Å². The van der Waals surface area contributed by atoms with Gasteiger partial charge in [-0.3, -0.25) is 0 Å². The Balaban J connectivity index is 2.99. The van der Waals surface area contributed by atoms with Crippen LogP contribution in [-0.4, -0.2) is 13.1 Å². The highest BCUT2D eigenvalue weighted by Crippen LogP contribution is 2.11. The molecule has 0 aromatic carbocycles. The van der Waals surface area contributed by atoms with Crippen LogP contribution in [0.5, 0.6) is 0 Å². The minimum Gasteiger partial charge on any atom is -0.391 e. The second-order valence-corrected chi connectivity index (χ2v) is 5.82.